The third-order valence-corrected chi connectivity index (χ3v) is 14.4. The summed E-state index contributed by atoms with van der Waals surface area (Å²) < 4.78 is 23.4. The first-order valence-electron chi connectivity index (χ1n) is 31.4. The Labute approximate surface area is 475 Å². The number of aliphatic hydroxyl groups excluding tert-OH is 1. The Morgan fingerprint density at radius 3 is 1.16 bits per heavy atom. The maximum Gasteiger partial charge on any atom is 0.268 e. The van der Waals surface area contributed by atoms with Gasteiger partial charge in [-0.2, -0.15) is 0 Å². The fourth-order valence-electron chi connectivity index (χ4n) is 8.60. The highest BCUT2D eigenvalue weighted by Crippen LogP contribution is 2.38. The fourth-order valence-corrected chi connectivity index (χ4v) is 9.32. The molecular weight excluding hydrogens is 972 g/mol. The van der Waals surface area contributed by atoms with Gasteiger partial charge in [0.1, 0.15) is 13.2 Å². The minimum absolute atomic E-state index is 0.00660. The molecule has 0 aromatic carbocycles. The standard InChI is InChI=1S/C68H119N2O6P/c1-6-8-10-12-14-16-18-20-22-23-24-25-26-27-28-29-30-31-32-33-34-35-36-37-38-39-40-41-42-43-44-45-46-47-48-50-52-54-56-58-60-62-68(72)69-66(65-76-77(73,74)75-64-63-70(3,4)5)67(71)61-59-57-55-53-51-49-21-19-17-15-13-11-9-7-2/h8,10,14,16,20,22,24-25,27-28,30-31,33-34,36-37,39-40,42-43,66-67,71H,6-7,9,11-13,15,17-19,21,23,26,29,32,35,38,41,44-65H2,1-5H3,(H-,69,72,73,74)/b10-8-,16-14-,22-20-,25-24-,28-27-,31-30-,34-33-,37-36-,40-39-,43-42-. The largest absolute Gasteiger partial charge is 0.756 e. The summed E-state index contributed by atoms with van der Waals surface area (Å²) in [4.78, 5) is 25.5. The minimum atomic E-state index is -4.58. The van der Waals surface area contributed by atoms with E-state index in [0.717, 1.165) is 109 Å². The van der Waals surface area contributed by atoms with Crippen LogP contribution < -0.4 is 10.2 Å². The molecule has 9 heteroatoms. The van der Waals surface area contributed by atoms with E-state index in [-0.39, 0.29) is 19.1 Å². The number of allylic oxidation sites excluding steroid dienone is 20. The topological polar surface area (TPSA) is 108 Å². The van der Waals surface area contributed by atoms with Crippen molar-refractivity contribution >= 4 is 13.7 Å². The molecule has 3 atom stereocenters. The number of aliphatic hydroxyl groups is 1. The van der Waals surface area contributed by atoms with Crippen LogP contribution in [0.15, 0.2) is 122 Å². The van der Waals surface area contributed by atoms with Gasteiger partial charge in [-0.25, -0.2) is 0 Å². The maximum atomic E-state index is 13.0. The molecule has 77 heavy (non-hydrogen) atoms. The predicted octanol–water partition coefficient (Wildman–Crippen LogP) is 19.1. The summed E-state index contributed by atoms with van der Waals surface area (Å²) in [5, 5.41) is 14.0. The molecule has 0 aromatic heterocycles. The number of hydrogen-bond acceptors (Lipinski definition) is 6. The Morgan fingerprint density at radius 2 is 0.792 bits per heavy atom. The van der Waals surface area contributed by atoms with Gasteiger partial charge in [0.25, 0.3) is 7.82 Å². The summed E-state index contributed by atoms with van der Waals surface area (Å²) in [5.41, 5.74) is 0. The van der Waals surface area contributed by atoms with Gasteiger partial charge in [0.05, 0.1) is 39.9 Å². The number of rotatable bonds is 56. The van der Waals surface area contributed by atoms with Gasteiger partial charge >= 0.3 is 0 Å². The van der Waals surface area contributed by atoms with E-state index in [2.05, 4.69) is 141 Å². The number of quaternary nitrogens is 1. The van der Waals surface area contributed by atoms with Crippen molar-refractivity contribution in [1.29, 1.82) is 0 Å². The van der Waals surface area contributed by atoms with Crippen LogP contribution in [0, 0.1) is 0 Å². The highest BCUT2D eigenvalue weighted by molar-refractivity contribution is 7.45. The number of amides is 1. The Hall–Kier alpha value is -3.10. The Balaban J connectivity index is 4.05. The Bertz CT molecular complexity index is 1670. The number of carbonyl (C=O) groups excluding carboxylic acids is 1. The average Bonchev–Trinajstić information content (AvgIpc) is 3.39. The fraction of sp³-hybridized carbons (Fsp3) is 0.691. The van der Waals surface area contributed by atoms with E-state index < -0.39 is 20.0 Å². The molecule has 442 valence electrons. The van der Waals surface area contributed by atoms with Crippen molar-refractivity contribution in [3.05, 3.63) is 122 Å². The van der Waals surface area contributed by atoms with Gasteiger partial charge in [0, 0.05) is 6.42 Å². The molecule has 0 spiro atoms. The number of hydrogen-bond donors (Lipinski definition) is 2. The molecule has 2 N–H and O–H groups in total. The second-order valence-electron chi connectivity index (χ2n) is 22.0. The van der Waals surface area contributed by atoms with Gasteiger partial charge in [0.15, 0.2) is 0 Å². The summed E-state index contributed by atoms with van der Waals surface area (Å²) in [6.45, 7) is 4.60. The summed E-state index contributed by atoms with van der Waals surface area (Å²) in [6, 6.07) is -0.810. The number of nitrogens with one attached hydrogen (secondary N) is 1. The first-order chi connectivity index (χ1) is 37.5. The molecule has 0 aromatic rings. The van der Waals surface area contributed by atoms with Gasteiger partial charge in [-0.15, -0.1) is 0 Å². The molecule has 0 fully saturated rings. The van der Waals surface area contributed by atoms with Crippen LogP contribution in [0.2, 0.25) is 0 Å². The minimum Gasteiger partial charge on any atom is -0.756 e. The lowest BCUT2D eigenvalue weighted by Crippen LogP contribution is -2.46. The van der Waals surface area contributed by atoms with E-state index in [9.17, 15) is 19.4 Å². The SMILES string of the molecule is CC/C=C\C/C=C\C/C=C\C/C=C\C/C=C\C/C=C\C/C=C\C/C=C\C/C=C\C/C=C\CCCCCCCCCCCCC(=O)NC(COP(=O)([O-])OCC[N+](C)(C)C)C(O)CCCCCCCCCCCCCCCC. The van der Waals surface area contributed by atoms with Crippen molar-refractivity contribution in [1.82, 2.24) is 5.32 Å². The summed E-state index contributed by atoms with van der Waals surface area (Å²) in [7, 11) is 1.29. The smallest absolute Gasteiger partial charge is 0.268 e. The quantitative estimate of drug-likeness (QED) is 0.0272. The van der Waals surface area contributed by atoms with Gasteiger partial charge < -0.3 is 28.8 Å². The monoisotopic (exact) mass is 1090 g/mol. The third-order valence-electron chi connectivity index (χ3n) is 13.5. The van der Waals surface area contributed by atoms with Crippen LogP contribution in [-0.4, -0.2) is 68.5 Å². The number of nitrogens with zero attached hydrogens (tertiary/aromatic N) is 1. The van der Waals surface area contributed by atoms with E-state index in [1.165, 1.54) is 116 Å². The van der Waals surface area contributed by atoms with Crippen LogP contribution >= 0.6 is 7.82 Å². The van der Waals surface area contributed by atoms with Crippen LogP contribution in [0.3, 0.4) is 0 Å². The second kappa shape index (κ2) is 57.6. The zero-order valence-electron chi connectivity index (χ0n) is 50.4. The van der Waals surface area contributed by atoms with Crippen molar-refractivity contribution in [3.63, 3.8) is 0 Å². The van der Waals surface area contributed by atoms with Crippen LogP contribution in [0.1, 0.15) is 251 Å². The first kappa shape index (κ1) is 73.9. The number of phosphoric acid groups is 1. The van der Waals surface area contributed by atoms with Gasteiger partial charge in [-0.05, 0) is 89.9 Å². The van der Waals surface area contributed by atoms with Crippen LogP contribution in [-0.2, 0) is 18.4 Å². The Morgan fingerprint density at radius 1 is 0.468 bits per heavy atom. The molecule has 0 saturated carbocycles. The predicted molar refractivity (Wildman–Crippen MR) is 334 cm³/mol. The molecule has 1 amide bonds. The van der Waals surface area contributed by atoms with Crippen LogP contribution in [0.4, 0.5) is 0 Å². The number of unbranched alkanes of at least 4 members (excludes halogenated alkanes) is 23. The Kier molecular flexibility index (Phi) is 55.3. The summed E-state index contributed by atoms with van der Waals surface area (Å²) >= 11 is 0. The lowest BCUT2D eigenvalue weighted by atomic mass is 10.0. The first-order valence-corrected chi connectivity index (χ1v) is 32.8. The summed E-state index contributed by atoms with van der Waals surface area (Å²) in [6.07, 6.45) is 85.3. The van der Waals surface area contributed by atoms with E-state index >= 15 is 0 Å². The number of phosphoric ester groups is 1. The van der Waals surface area contributed by atoms with Crippen LogP contribution in [0.25, 0.3) is 0 Å². The molecule has 0 aliphatic carbocycles. The van der Waals surface area contributed by atoms with E-state index in [1.807, 2.05) is 21.1 Å². The molecule has 0 bridgehead atoms. The van der Waals surface area contributed by atoms with Gasteiger partial charge in [-0.3, -0.25) is 9.36 Å². The van der Waals surface area contributed by atoms with E-state index in [1.54, 1.807) is 0 Å². The maximum absolute atomic E-state index is 13.0. The van der Waals surface area contributed by atoms with Crippen molar-refractivity contribution in [2.45, 2.75) is 264 Å². The van der Waals surface area contributed by atoms with E-state index in [4.69, 9.17) is 9.05 Å². The number of likely N-dealkylation sites (N-methyl/N-ethyl adjacent to an activating group) is 1. The molecular formula is C68H119N2O6P. The molecule has 0 saturated heterocycles. The molecule has 0 radical (unpaired) electrons. The zero-order chi connectivity index (χ0) is 56.3. The van der Waals surface area contributed by atoms with E-state index in [0.29, 0.717) is 23.9 Å². The van der Waals surface area contributed by atoms with Gasteiger partial charge in [-0.1, -0.05) is 277 Å². The van der Waals surface area contributed by atoms with Crippen LogP contribution in [0.5, 0.6) is 0 Å². The molecule has 3 unspecified atom stereocenters. The average molecular weight is 1090 g/mol. The van der Waals surface area contributed by atoms with Crippen molar-refractivity contribution in [2.75, 3.05) is 40.9 Å². The zero-order valence-corrected chi connectivity index (χ0v) is 51.3. The lowest BCUT2D eigenvalue weighted by Gasteiger charge is -2.30. The molecule has 8 nitrogen and oxygen atoms in total. The lowest BCUT2D eigenvalue weighted by molar-refractivity contribution is -0.870. The highest BCUT2D eigenvalue weighted by atomic mass is 31.2. The third kappa shape index (κ3) is 60.4. The van der Waals surface area contributed by atoms with Crippen molar-refractivity contribution in [2.24, 2.45) is 0 Å². The highest BCUT2D eigenvalue weighted by Gasteiger charge is 2.24. The molecule has 0 rings (SSSR count). The number of carbonyl (C=O) groups is 1. The molecule has 0 heterocycles. The molecule has 0 aliphatic rings. The molecule has 0 aliphatic heterocycles. The van der Waals surface area contributed by atoms with Crippen molar-refractivity contribution < 1.29 is 32.9 Å². The summed E-state index contributed by atoms with van der Waals surface area (Å²) in [5.74, 6) is -0.173. The van der Waals surface area contributed by atoms with Gasteiger partial charge in [0.2, 0.25) is 5.91 Å². The normalized spacial score (nSPS) is 14.6. The van der Waals surface area contributed by atoms with Crippen molar-refractivity contribution in [3.8, 4) is 0 Å². The second-order valence-corrected chi connectivity index (χ2v) is 23.4.